The van der Waals surface area contributed by atoms with E-state index in [4.69, 9.17) is 5.73 Å². The van der Waals surface area contributed by atoms with E-state index in [1.807, 2.05) is 0 Å². The van der Waals surface area contributed by atoms with E-state index in [9.17, 15) is 0 Å². The molecule has 1 fully saturated rings. The van der Waals surface area contributed by atoms with Gasteiger partial charge in [-0.1, -0.05) is 51.0 Å². The highest BCUT2D eigenvalue weighted by molar-refractivity contribution is 5.22. The van der Waals surface area contributed by atoms with E-state index in [0.29, 0.717) is 5.41 Å². The number of piperidine rings is 1. The molecule has 0 aromatic heterocycles. The first kappa shape index (κ1) is 15.5. The lowest BCUT2D eigenvalue weighted by atomic mass is 9.74. The third-order valence-corrected chi connectivity index (χ3v) is 5.28. The summed E-state index contributed by atoms with van der Waals surface area (Å²) >= 11 is 0. The predicted octanol–water partition coefficient (Wildman–Crippen LogP) is 3.59. The number of hydrogen-bond acceptors (Lipinski definition) is 2. The second-order valence-corrected chi connectivity index (χ2v) is 6.34. The number of hydrogen-bond donors (Lipinski definition) is 1. The van der Waals surface area contributed by atoms with Crippen LogP contribution in [0, 0.1) is 5.41 Å². The van der Waals surface area contributed by atoms with Crippen molar-refractivity contribution in [1.29, 1.82) is 0 Å². The van der Waals surface area contributed by atoms with Crippen LogP contribution in [0.3, 0.4) is 0 Å². The van der Waals surface area contributed by atoms with Crippen LogP contribution in [0.15, 0.2) is 24.3 Å². The molecule has 0 saturated carbocycles. The first-order valence-corrected chi connectivity index (χ1v) is 8.21. The minimum absolute atomic E-state index is 0.626. The van der Waals surface area contributed by atoms with Crippen molar-refractivity contribution in [1.82, 2.24) is 4.90 Å². The monoisotopic (exact) mass is 274 g/mol. The fourth-order valence-electron chi connectivity index (χ4n) is 3.38. The minimum atomic E-state index is 0.626. The molecule has 0 amide bonds. The smallest absolute Gasteiger partial charge is 0.0233 e. The van der Waals surface area contributed by atoms with Gasteiger partial charge in [0, 0.05) is 6.54 Å². The van der Waals surface area contributed by atoms with E-state index < -0.39 is 0 Å². The molecule has 1 aromatic carbocycles. The summed E-state index contributed by atoms with van der Waals surface area (Å²) in [6.07, 6.45) is 6.40. The summed E-state index contributed by atoms with van der Waals surface area (Å²) in [4.78, 5) is 2.61. The van der Waals surface area contributed by atoms with Crippen LogP contribution in [0.25, 0.3) is 0 Å². The summed E-state index contributed by atoms with van der Waals surface area (Å²) in [7, 11) is 0. The van der Waals surface area contributed by atoms with Gasteiger partial charge in [0.05, 0.1) is 0 Å². The van der Waals surface area contributed by atoms with Gasteiger partial charge in [-0.2, -0.15) is 0 Å². The Bertz CT molecular complexity index is 382. The number of nitrogens with two attached hydrogens (primary N) is 1. The second kappa shape index (κ2) is 7.24. The molecular weight excluding hydrogens is 244 g/mol. The summed E-state index contributed by atoms with van der Waals surface area (Å²) in [5, 5.41) is 0. The van der Waals surface area contributed by atoms with Crippen molar-refractivity contribution in [3.63, 3.8) is 0 Å². The third-order valence-electron chi connectivity index (χ3n) is 5.28. The van der Waals surface area contributed by atoms with E-state index in [0.717, 1.165) is 19.5 Å². The standard InChI is InChI=1S/C18H30N2/c1-3-18(4-2)10-13-20(14-11-18)15-17-7-5-16(6-8-17)9-12-19/h5-8H,3-4,9-15,19H2,1-2H3. The SMILES string of the molecule is CCC1(CC)CCN(Cc2ccc(CCN)cc2)CC1. The van der Waals surface area contributed by atoms with Crippen molar-refractivity contribution < 1.29 is 0 Å². The third kappa shape index (κ3) is 3.83. The molecule has 0 atom stereocenters. The molecule has 1 aromatic rings. The Morgan fingerprint density at radius 3 is 2.05 bits per heavy atom. The number of likely N-dealkylation sites (tertiary alicyclic amines) is 1. The summed E-state index contributed by atoms with van der Waals surface area (Å²) in [6, 6.07) is 9.00. The van der Waals surface area contributed by atoms with Crippen LogP contribution in [0.2, 0.25) is 0 Å². The topological polar surface area (TPSA) is 29.3 Å². The van der Waals surface area contributed by atoms with Crippen LogP contribution in [0.1, 0.15) is 50.7 Å². The Morgan fingerprint density at radius 1 is 1.00 bits per heavy atom. The molecule has 1 aliphatic heterocycles. The van der Waals surface area contributed by atoms with Crippen molar-refractivity contribution in [3.8, 4) is 0 Å². The molecule has 112 valence electrons. The fraction of sp³-hybridized carbons (Fsp3) is 0.667. The van der Waals surface area contributed by atoms with Gasteiger partial charge in [0.15, 0.2) is 0 Å². The van der Waals surface area contributed by atoms with Gasteiger partial charge in [-0.3, -0.25) is 4.90 Å². The van der Waals surface area contributed by atoms with E-state index in [-0.39, 0.29) is 0 Å². The van der Waals surface area contributed by atoms with Crippen LogP contribution in [0.5, 0.6) is 0 Å². The van der Waals surface area contributed by atoms with Gasteiger partial charge in [0.25, 0.3) is 0 Å². The Labute approximate surface area is 124 Å². The van der Waals surface area contributed by atoms with E-state index in [1.54, 1.807) is 0 Å². The van der Waals surface area contributed by atoms with Crippen LogP contribution >= 0.6 is 0 Å². The molecule has 0 radical (unpaired) electrons. The van der Waals surface area contributed by atoms with Gasteiger partial charge < -0.3 is 5.73 Å². The molecule has 0 bridgehead atoms. The van der Waals surface area contributed by atoms with Crippen LogP contribution in [0.4, 0.5) is 0 Å². The van der Waals surface area contributed by atoms with Crippen molar-refractivity contribution in [2.75, 3.05) is 19.6 Å². The maximum absolute atomic E-state index is 5.59. The van der Waals surface area contributed by atoms with Crippen LogP contribution in [-0.4, -0.2) is 24.5 Å². The zero-order valence-corrected chi connectivity index (χ0v) is 13.2. The Morgan fingerprint density at radius 2 is 1.55 bits per heavy atom. The zero-order valence-electron chi connectivity index (χ0n) is 13.2. The fourth-order valence-corrected chi connectivity index (χ4v) is 3.38. The molecule has 0 spiro atoms. The van der Waals surface area contributed by atoms with Gasteiger partial charge >= 0.3 is 0 Å². The molecule has 1 saturated heterocycles. The van der Waals surface area contributed by atoms with Gasteiger partial charge in [-0.25, -0.2) is 0 Å². The van der Waals surface area contributed by atoms with E-state index in [1.165, 1.54) is 49.9 Å². The Balaban J connectivity index is 1.86. The van der Waals surface area contributed by atoms with Crippen molar-refractivity contribution in [3.05, 3.63) is 35.4 Å². The lowest BCUT2D eigenvalue weighted by Crippen LogP contribution is -2.39. The lowest BCUT2D eigenvalue weighted by Gasteiger charge is -2.41. The second-order valence-electron chi connectivity index (χ2n) is 6.34. The zero-order chi connectivity index (χ0) is 14.4. The summed E-state index contributed by atoms with van der Waals surface area (Å²) < 4.78 is 0. The van der Waals surface area contributed by atoms with Crippen molar-refractivity contribution in [2.45, 2.75) is 52.5 Å². The van der Waals surface area contributed by atoms with Crippen molar-refractivity contribution >= 4 is 0 Å². The van der Waals surface area contributed by atoms with Crippen LogP contribution < -0.4 is 5.73 Å². The molecule has 2 heteroatoms. The van der Waals surface area contributed by atoms with E-state index >= 15 is 0 Å². The number of benzene rings is 1. The van der Waals surface area contributed by atoms with Crippen LogP contribution in [-0.2, 0) is 13.0 Å². The lowest BCUT2D eigenvalue weighted by molar-refractivity contribution is 0.0909. The summed E-state index contributed by atoms with van der Waals surface area (Å²) in [6.45, 7) is 9.07. The first-order valence-electron chi connectivity index (χ1n) is 8.21. The highest BCUT2D eigenvalue weighted by Gasteiger charge is 2.30. The molecular formula is C18H30N2. The molecule has 2 N–H and O–H groups in total. The normalized spacial score (nSPS) is 19.1. The Hall–Kier alpha value is -0.860. The highest BCUT2D eigenvalue weighted by Crippen LogP contribution is 2.38. The maximum Gasteiger partial charge on any atom is 0.0233 e. The number of nitrogens with zero attached hydrogens (tertiary/aromatic N) is 1. The summed E-state index contributed by atoms with van der Waals surface area (Å²) in [5.41, 5.74) is 9.01. The van der Waals surface area contributed by atoms with Gasteiger partial charge in [-0.15, -0.1) is 0 Å². The molecule has 1 heterocycles. The Kier molecular flexibility index (Phi) is 5.62. The largest absolute Gasteiger partial charge is 0.330 e. The molecule has 0 aliphatic carbocycles. The molecule has 0 unspecified atom stereocenters. The molecule has 2 rings (SSSR count). The molecule has 20 heavy (non-hydrogen) atoms. The summed E-state index contributed by atoms with van der Waals surface area (Å²) in [5.74, 6) is 0. The number of rotatable bonds is 6. The predicted molar refractivity (Wildman–Crippen MR) is 86.7 cm³/mol. The quantitative estimate of drug-likeness (QED) is 0.859. The van der Waals surface area contributed by atoms with Gasteiger partial charge in [-0.05, 0) is 55.4 Å². The van der Waals surface area contributed by atoms with E-state index in [2.05, 4.69) is 43.0 Å². The van der Waals surface area contributed by atoms with Crippen molar-refractivity contribution in [2.24, 2.45) is 11.1 Å². The molecule has 1 aliphatic rings. The average Bonchev–Trinajstić information content (AvgIpc) is 2.51. The minimum Gasteiger partial charge on any atom is -0.330 e. The molecule has 2 nitrogen and oxygen atoms in total. The maximum atomic E-state index is 5.59. The average molecular weight is 274 g/mol. The first-order chi connectivity index (χ1) is 9.71. The van der Waals surface area contributed by atoms with Gasteiger partial charge in [0.2, 0.25) is 0 Å². The highest BCUT2D eigenvalue weighted by atomic mass is 15.1. The van der Waals surface area contributed by atoms with Gasteiger partial charge in [0.1, 0.15) is 0 Å².